The van der Waals surface area contributed by atoms with E-state index < -0.39 is 5.54 Å². The summed E-state index contributed by atoms with van der Waals surface area (Å²) in [7, 11) is 1.43. The molecule has 0 amide bonds. The first-order chi connectivity index (χ1) is 8.10. The highest BCUT2D eigenvalue weighted by Gasteiger charge is 2.32. The first kappa shape index (κ1) is 16.7. The number of rotatable bonds is 10. The Morgan fingerprint density at radius 1 is 1.41 bits per heavy atom. The van der Waals surface area contributed by atoms with Gasteiger partial charge >= 0.3 is 5.97 Å². The number of carbonyl (C=O) groups excluding carboxylic acids is 1. The molecule has 0 aromatic heterocycles. The van der Waals surface area contributed by atoms with Gasteiger partial charge in [-0.05, 0) is 32.1 Å². The number of nitrogens with one attached hydrogen (secondary N) is 1. The average Bonchev–Trinajstić information content (AvgIpc) is 2.33. The number of methoxy groups -OCH3 is 1. The predicted octanol–water partition coefficient (Wildman–Crippen LogP) is 1.42. The third-order valence-electron chi connectivity index (χ3n) is 2.65. The monoisotopic (exact) mass is 263 g/mol. The SMILES string of the molecule is CCNC(C)(CCCCSCCO)C(=O)OC. The van der Waals surface area contributed by atoms with Gasteiger partial charge in [0.1, 0.15) is 5.54 Å². The Hall–Kier alpha value is -0.260. The number of esters is 1. The highest BCUT2D eigenvalue weighted by Crippen LogP contribution is 2.17. The van der Waals surface area contributed by atoms with Gasteiger partial charge in [0.2, 0.25) is 0 Å². The minimum Gasteiger partial charge on any atom is -0.468 e. The molecule has 1 atom stereocenters. The van der Waals surface area contributed by atoms with Crippen LogP contribution in [0.2, 0.25) is 0 Å². The van der Waals surface area contributed by atoms with Crippen LogP contribution in [-0.2, 0) is 9.53 Å². The number of likely N-dealkylation sites (N-methyl/N-ethyl adjacent to an activating group) is 1. The molecule has 0 aromatic carbocycles. The minimum absolute atomic E-state index is 0.192. The molecule has 0 aliphatic rings. The van der Waals surface area contributed by atoms with Gasteiger partial charge in [-0.1, -0.05) is 13.3 Å². The van der Waals surface area contributed by atoms with Crippen LogP contribution in [-0.4, -0.2) is 48.4 Å². The number of aliphatic hydroxyl groups excluding tert-OH is 1. The maximum Gasteiger partial charge on any atom is 0.325 e. The largest absolute Gasteiger partial charge is 0.468 e. The van der Waals surface area contributed by atoms with E-state index in [0.717, 1.165) is 37.3 Å². The van der Waals surface area contributed by atoms with Gasteiger partial charge in [0.25, 0.3) is 0 Å². The second-order valence-corrected chi connectivity index (χ2v) is 5.37. The van der Waals surface area contributed by atoms with E-state index in [-0.39, 0.29) is 12.6 Å². The molecule has 0 aliphatic carbocycles. The van der Waals surface area contributed by atoms with E-state index in [4.69, 9.17) is 9.84 Å². The zero-order chi connectivity index (χ0) is 13.1. The summed E-state index contributed by atoms with van der Waals surface area (Å²) in [6.45, 7) is 4.87. The quantitative estimate of drug-likeness (QED) is 0.461. The second kappa shape index (κ2) is 9.74. The fourth-order valence-electron chi connectivity index (χ4n) is 1.73. The van der Waals surface area contributed by atoms with Gasteiger partial charge in [-0.15, -0.1) is 0 Å². The van der Waals surface area contributed by atoms with E-state index in [1.54, 1.807) is 11.8 Å². The van der Waals surface area contributed by atoms with Crippen molar-refractivity contribution in [1.82, 2.24) is 5.32 Å². The van der Waals surface area contributed by atoms with Crippen molar-refractivity contribution in [3.8, 4) is 0 Å². The average molecular weight is 263 g/mol. The minimum atomic E-state index is -0.564. The Labute approximate surface area is 108 Å². The van der Waals surface area contributed by atoms with Gasteiger partial charge in [0, 0.05) is 5.75 Å². The predicted molar refractivity (Wildman–Crippen MR) is 72.4 cm³/mol. The summed E-state index contributed by atoms with van der Waals surface area (Å²) in [4.78, 5) is 11.7. The Morgan fingerprint density at radius 2 is 2.12 bits per heavy atom. The highest BCUT2D eigenvalue weighted by atomic mass is 32.2. The van der Waals surface area contributed by atoms with Crippen molar-refractivity contribution in [1.29, 1.82) is 0 Å². The third-order valence-corrected chi connectivity index (χ3v) is 3.70. The molecule has 0 rings (SSSR count). The van der Waals surface area contributed by atoms with Gasteiger partial charge in [-0.25, -0.2) is 0 Å². The first-order valence-electron chi connectivity index (χ1n) is 6.12. The number of hydrogen-bond acceptors (Lipinski definition) is 5. The maximum absolute atomic E-state index is 11.7. The fourth-order valence-corrected chi connectivity index (χ4v) is 2.47. The Kier molecular flexibility index (Phi) is 9.59. The van der Waals surface area contributed by atoms with Crippen LogP contribution in [0, 0.1) is 0 Å². The van der Waals surface area contributed by atoms with Gasteiger partial charge in [-0.3, -0.25) is 4.79 Å². The standard InChI is InChI=1S/C12H25NO3S/c1-4-13-12(2,11(15)16-3)7-5-6-9-17-10-8-14/h13-14H,4-10H2,1-3H3. The van der Waals surface area contributed by atoms with E-state index in [9.17, 15) is 4.79 Å². The molecule has 0 radical (unpaired) electrons. The normalized spacial score (nSPS) is 14.4. The van der Waals surface area contributed by atoms with Crippen molar-refractivity contribution in [3.05, 3.63) is 0 Å². The van der Waals surface area contributed by atoms with Crippen LogP contribution >= 0.6 is 11.8 Å². The molecule has 0 aromatic rings. The summed E-state index contributed by atoms with van der Waals surface area (Å²) in [6, 6.07) is 0. The van der Waals surface area contributed by atoms with Crippen molar-refractivity contribution in [2.24, 2.45) is 0 Å². The topological polar surface area (TPSA) is 58.6 Å². The van der Waals surface area contributed by atoms with Crippen molar-refractivity contribution in [3.63, 3.8) is 0 Å². The number of unbranched alkanes of at least 4 members (excludes halogenated alkanes) is 1. The summed E-state index contributed by atoms with van der Waals surface area (Å²) in [6.07, 6.45) is 2.83. The molecule has 17 heavy (non-hydrogen) atoms. The smallest absolute Gasteiger partial charge is 0.325 e. The van der Waals surface area contributed by atoms with Crippen LogP contribution in [0.15, 0.2) is 0 Å². The van der Waals surface area contributed by atoms with Crippen LogP contribution < -0.4 is 5.32 Å². The number of carbonyl (C=O) groups is 1. The first-order valence-corrected chi connectivity index (χ1v) is 7.28. The molecular formula is C12H25NO3S. The summed E-state index contributed by atoms with van der Waals surface area (Å²) < 4.78 is 4.82. The number of ether oxygens (including phenoxy) is 1. The van der Waals surface area contributed by atoms with Crippen molar-refractivity contribution < 1.29 is 14.6 Å². The molecule has 0 bridgehead atoms. The molecule has 102 valence electrons. The van der Waals surface area contributed by atoms with Gasteiger partial charge < -0.3 is 15.2 Å². The highest BCUT2D eigenvalue weighted by molar-refractivity contribution is 7.99. The zero-order valence-corrected chi connectivity index (χ0v) is 11.9. The molecule has 0 saturated heterocycles. The van der Waals surface area contributed by atoms with Crippen molar-refractivity contribution >= 4 is 17.7 Å². The number of aliphatic hydroxyl groups is 1. The van der Waals surface area contributed by atoms with Gasteiger partial charge in [0.05, 0.1) is 13.7 Å². The Bertz CT molecular complexity index is 214. The van der Waals surface area contributed by atoms with Crippen LogP contribution in [0.3, 0.4) is 0 Å². The molecule has 4 nitrogen and oxygen atoms in total. The van der Waals surface area contributed by atoms with E-state index >= 15 is 0 Å². The van der Waals surface area contributed by atoms with Crippen LogP contribution in [0.5, 0.6) is 0 Å². The number of thioether (sulfide) groups is 1. The lowest BCUT2D eigenvalue weighted by atomic mass is 9.95. The summed E-state index contributed by atoms with van der Waals surface area (Å²) in [5.41, 5.74) is -0.564. The Balaban J connectivity index is 3.88. The third kappa shape index (κ3) is 6.91. The lowest BCUT2D eigenvalue weighted by Crippen LogP contribution is -2.50. The molecular weight excluding hydrogens is 238 g/mol. The summed E-state index contributed by atoms with van der Waals surface area (Å²) >= 11 is 1.74. The van der Waals surface area contributed by atoms with Crippen molar-refractivity contribution in [2.75, 3.05) is 31.8 Å². The molecule has 0 fully saturated rings. The molecule has 2 N–H and O–H groups in total. The van der Waals surface area contributed by atoms with E-state index in [0.29, 0.717) is 0 Å². The molecule has 1 unspecified atom stereocenters. The van der Waals surface area contributed by atoms with Gasteiger partial charge in [-0.2, -0.15) is 11.8 Å². The zero-order valence-electron chi connectivity index (χ0n) is 11.1. The maximum atomic E-state index is 11.7. The van der Waals surface area contributed by atoms with Gasteiger partial charge in [0.15, 0.2) is 0 Å². The lowest BCUT2D eigenvalue weighted by molar-refractivity contribution is -0.148. The number of hydrogen-bond donors (Lipinski definition) is 2. The summed E-state index contributed by atoms with van der Waals surface area (Å²) in [5, 5.41) is 11.8. The fraction of sp³-hybridized carbons (Fsp3) is 0.917. The molecule has 0 aliphatic heterocycles. The van der Waals surface area contributed by atoms with E-state index in [1.165, 1.54) is 7.11 Å². The van der Waals surface area contributed by atoms with Crippen molar-refractivity contribution in [2.45, 2.75) is 38.6 Å². The van der Waals surface area contributed by atoms with Crippen LogP contribution in [0.1, 0.15) is 33.1 Å². The summed E-state index contributed by atoms with van der Waals surface area (Å²) in [5.74, 6) is 1.63. The Morgan fingerprint density at radius 3 is 2.65 bits per heavy atom. The van der Waals surface area contributed by atoms with Crippen LogP contribution in [0.4, 0.5) is 0 Å². The second-order valence-electron chi connectivity index (χ2n) is 4.15. The molecule has 0 saturated carbocycles. The molecule has 0 heterocycles. The van der Waals surface area contributed by atoms with E-state index in [1.807, 2.05) is 13.8 Å². The van der Waals surface area contributed by atoms with Crippen LogP contribution in [0.25, 0.3) is 0 Å². The molecule has 5 heteroatoms. The lowest BCUT2D eigenvalue weighted by Gasteiger charge is -2.27. The molecule has 0 spiro atoms. The van der Waals surface area contributed by atoms with E-state index in [2.05, 4.69) is 5.32 Å².